The Kier molecular flexibility index (Phi) is 4.36. The highest BCUT2D eigenvalue weighted by Gasteiger charge is 2.23. The zero-order chi connectivity index (χ0) is 13.0. The molecule has 1 aliphatic rings. The normalized spacial score (nSPS) is 19.4. The number of carbonyl (C=O) groups is 1. The number of nitrogens with two attached hydrogens (primary N) is 1. The monoisotopic (exact) mass is 250 g/mol. The Morgan fingerprint density at radius 1 is 1.44 bits per heavy atom. The van der Waals surface area contributed by atoms with Crippen LogP contribution in [0, 0.1) is 0 Å². The van der Waals surface area contributed by atoms with E-state index in [0.29, 0.717) is 6.04 Å². The number of nitrogens with zero attached hydrogens (tertiary/aromatic N) is 2. The van der Waals surface area contributed by atoms with Crippen LogP contribution in [-0.4, -0.2) is 21.7 Å². The Morgan fingerprint density at radius 2 is 2.11 bits per heavy atom. The molecule has 1 fully saturated rings. The topological polar surface area (TPSA) is 72.9 Å². The van der Waals surface area contributed by atoms with Crippen LogP contribution in [0.25, 0.3) is 0 Å². The van der Waals surface area contributed by atoms with Gasteiger partial charge in [0, 0.05) is 24.8 Å². The van der Waals surface area contributed by atoms with Crippen LogP contribution in [-0.2, 0) is 11.8 Å². The number of aryl methyl sites for hydroxylation is 1. The first-order valence-corrected chi connectivity index (χ1v) is 6.70. The van der Waals surface area contributed by atoms with E-state index in [0.717, 1.165) is 18.4 Å². The van der Waals surface area contributed by atoms with Crippen LogP contribution in [0.4, 0.5) is 0 Å². The summed E-state index contributed by atoms with van der Waals surface area (Å²) in [7, 11) is 1.84. The Bertz CT molecular complexity index is 393. The number of rotatable bonds is 4. The fourth-order valence-corrected chi connectivity index (χ4v) is 2.61. The molecule has 18 heavy (non-hydrogen) atoms. The summed E-state index contributed by atoms with van der Waals surface area (Å²) in [6, 6.07) is -0.0213. The standard InChI is InChI=1S/C13H22N4O/c1-17-9-10(8-15-17)12(13(14)18)16-11-6-4-2-3-5-7-11/h8-9,11-12,16H,2-7H2,1H3,(H2,14,18). The summed E-state index contributed by atoms with van der Waals surface area (Å²) in [6.45, 7) is 0. The van der Waals surface area contributed by atoms with Gasteiger partial charge in [0.2, 0.25) is 5.91 Å². The van der Waals surface area contributed by atoms with Gasteiger partial charge >= 0.3 is 0 Å². The van der Waals surface area contributed by atoms with Crippen molar-refractivity contribution in [2.45, 2.75) is 50.6 Å². The van der Waals surface area contributed by atoms with Crippen molar-refractivity contribution in [3.63, 3.8) is 0 Å². The van der Waals surface area contributed by atoms with E-state index in [1.807, 2.05) is 13.2 Å². The molecule has 0 aromatic carbocycles. The Morgan fingerprint density at radius 3 is 2.61 bits per heavy atom. The van der Waals surface area contributed by atoms with Gasteiger partial charge in [-0.2, -0.15) is 5.10 Å². The Labute approximate surface area is 108 Å². The van der Waals surface area contributed by atoms with Gasteiger partial charge in [-0.25, -0.2) is 0 Å². The van der Waals surface area contributed by atoms with Crippen molar-refractivity contribution in [3.8, 4) is 0 Å². The fourth-order valence-electron chi connectivity index (χ4n) is 2.61. The molecule has 1 aromatic heterocycles. The molecule has 0 aliphatic heterocycles. The second-order valence-electron chi connectivity index (χ2n) is 5.14. The number of hydrogen-bond donors (Lipinski definition) is 2. The summed E-state index contributed by atoms with van der Waals surface area (Å²) in [4.78, 5) is 11.6. The SMILES string of the molecule is Cn1cc(C(NC2CCCCCC2)C(N)=O)cn1. The quantitative estimate of drug-likeness (QED) is 0.790. The third-order valence-electron chi connectivity index (χ3n) is 3.60. The van der Waals surface area contributed by atoms with Crippen LogP contribution >= 0.6 is 0 Å². The molecule has 1 saturated carbocycles. The Hall–Kier alpha value is -1.36. The molecule has 100 valence electrons. The zero-order valence-electron chi connectivity index (χ0n) is 10.9. The molecule has 0 spiro atoms. The number of carbonyl (C=O) groups excluding carboxylic acids is 1. The summed E-state index contributed by atoms with van der Waals surface area (Å²) in [5.41, 5.74) is 6.35. The smallest absolute Gasteiger partial charge is 0.239 e. The lowest BCUT2D eigenvalue weighted by atomic mass is 10.0. The highest BCUT2D eigenvalue weighted by Crippen LogP contribution is 2.21. The van der Waals surface area contributed by atoms with Crippen LogP contribution in [0.2, 0.25) is 0 Å². The lowest BCUT2D eigenvalue weighted by Crippen LogP contribution is -2.39. The number of primary amides is 1. The molecule has 2 rings (SSSR count). The zero-order valence-corrected chi connectivity index (χ0v) is 10.9. The maximum absolute atomic E-state index is 11.6. The first kappa shape index (κ1) is 13.1. The average molecular weight is 250 g/mol. The van der Waals surface area contributed by atoms with Gasteiger partial charge in [0.25, 0.3) is 0 Å². The minimum absolute atomic E-state index is 0.327. The summed E-state index contributed by atoms with van der Waals surface area (Å²) >= 11 is 0. The number of nitrogens with one attached hydrogen (secondary N) is 1. The van der Waals surface area contributed by atoms with E-state index >= 15 is 0 Å². The molecular weight excluding hydrogens is 228 g/mol. The number of hydrogen-bond acceptors (Lipinski definition) is 3. The lowest BCUT2D eigenvalue weighted by molar-refractivity contribution is -0.120. The minimum atomic E-state index is -0.415. The first-order chi connectivity index (χ1) is 8.66. The molecular formula is C13H22N4O. The summed E-state index contributed by atoms with van der Waals surface area (Å²) in [5, 5.41) is 7.50. The second-order valence-corrected chi connectivity index (χ2v) is 5.14. The number of amides is 1. The van der Waals surface area contributed by atoms with Crippen molar-refractivity contribution in [1.82, 2.24) is 15.1 Å². The van der Waals surface area contributed by atoms with E-state index in [4.69, 9.17) is 5.73 Å². The van der Waals surface area contributed by atoms with Crippen LogP contribution < -0.4 is 11.1 Å². The number of aromatic nitrogens is 2. The molecule has 0 bridgehead atoms. The highest BCUT2D eigenvalue weighted by atomic mass is 16.1. The van der Waals surface area contributed by atoms with Crippen molar-refractivity contribution in [1.29, 1.82) is 0 Å². The van der Waals surface area contributed by atoms with Crippen molar-refractivity contribution in [2.75, 3.05) is 0 Å². The van der Waals surface area contributed by atoms with E-state index in [9.17, 15) is 4.79 Å². The van der Waals surface area contributed by atoms with Crippen LogP contribution in [0.1, 0.15) is 50.1 Å². The molecule has 1 aliphatic carbocycles. The first-order valence-electron chi connectivity index (χ1n) is 6.70. The van der Waals surface area contributed by atoms with Gasteiger partial charge in [-0.05, 0) is 12.8 Å². The van der Waals surface area contributed by atoms with Gasteiger partial charge in [0.05, 0.1) is 6.20 Å². The molecule has 1 atom stereocenters. The van der Waals surface area contributed by atoms with E-state index in [1.165, 1.54) is 25.7 Å². The van der Waals surface area contributed by atoms with Gasteiger partial charge < -0.3 is 5.73 Å². The second kappa shape index (κ2) is 6.00. The van der Waals surface area contributed by atoms with E-state index in [2.05, 4.69) is 10.4 Å². The maximum atomic E-state index is 11.6. The molecule has 0 saturated heterocycles. The molecule has 1 aromatic rings. The van der Waals surface area contributed by atoms with Crippen molar-refractivity contribution < 1.29 is 4.79 Å². The third kappa shape index (κ3) is 3.32. The molecule has 1 amide bonds. The molecule has 1 heterocycles. The maximum Gasteiger partial charge on any atom is 0.239 e. The van der Waals surface area contributed by atoms with E-state index in [1.54, 1.807) is 10.9 Å². The van der Waals surface area contributed by atoms with Gasteiger partial charge in [-0.3, -0.25) is 14.8 Å². The van der Waals surface area contributed by atoms with Gasteiger partial charge in [-0.15, -0.1) is 0 Å². The lowest BCUT2D eigenvalue weighted by Gasteiger charge is -2.22. The van der Waals surface area contributed by atoms with Crippen molar-refractivity contribution in [2.24, 2.45) is 12.8 Å². The highest BCUT2D eigenvalue weighted by molar-refractivity contribution is 5.81. The van der Waals surface area contributed by atoms with Gasteiger partial charge in [0.15, 0.2) is 0 Å². The summed E-state index contributed by atoms with van der Waals surface area (Å²) < 4.78 is 1.69. The van der Waals surface area contributed by atoms with Crippen molar-refractivity contribution in [3.05, 3.63) is 18.0 Å². The molecule has 0 radical (unpaired) electrons. The van der Waals surface area contributed by atoms with Gasteiger partial charge in [0.1, 0.15) is 6.04 Å². The summed E-state index contributed by atoms with van der Waals surface area (Å²) in [6.07, 6.45) is 10.9. The predicted octanol–water partition coefficient (Wildman–Crippen LogP) is 1.26. The fraction of sp³-hybridized carbons (Fsp3) is 0.692. The van der Waals surface area contributed by atoms with Crippen LogP contribution in [0.15, 0.2) is 12.4 Å². The molecule has 5 nitrogen and oxygen atoms in total. The van der Waals surface area contributed by atoms with Crippen molar-refractivity contribution >= 4 is 5.91 Å². The predicted molar refractivity (Wildman–Crippen MR) is 69.8 cm³/mol. The molecule has 3 N–H and O–H groups in total. The van der Waals surface area contributed by atoms with Crippen LogP contribution in [0.5, 0.6) is 0 Å². The minimum Gasteiger partial charge on any atom is -0.368 e. The average Bonchev–Trinajstić information content (AvgIpc) is 2.61. The summed E-state index contributed by atoms with van der Waals surface area (Å²) in [5.74, 6) is -0.327. The van der Waals surface area contributed by atoms with E-state index in [-0.39, 0.29) is 5.91 Å². The molecule has 5 heteroatoms. The third-order valence-corrected chi connectivity index (χ3v) is 3.60. The van der Waals surface area contributed by atoms with Crippen LogP contribution in [0.3, 0.4) is 0 Å². The Balaban J connectivity index is 2.04. The van der Waals surface area contributed by atoms with E-state index < -0.39 is 6.04 Å². The largest absolute Gasteiger partial charge is 0.368 e. The van der Waals surface area contributed by atoms with Gasteiger partial charge in [-0.1, -0.05) is 25.7 Å². The molecule has 1 unspecified atom stereocenters.